The predicted octanol–water partition coefficient (Wildman–Crippen LogP) is 0.795. The molecule has 4 heteroatoms. The second-order valence-corrected chi connectivity index (χ2v) is 2.55. The Balaban J connectivity index is 2.97. The highest BCUT2D eigenvalue weighted by Gasteiger charge is 2.00. The van der Waals surface area contributed by atoms with Crippen molar-refractivity contribution in [2.24, 2.45) is 0 Å². The monoisotopic (exact) mass is 171 g/mol. The van der Waals surface area contributed by atoms with E-state index in [1.54, 1.807) is 18.3 Å². The van der Waals surface area contributed by atoms with E-state index in [1.807, 2.05) is 6.07 Å². The van der Waals surface area contributed by atoms with E-state index in [0.29, 0.717) is 16.6 Å². The maximum absolute atomic E-state index is 11.0. The van der Waals surface area contributed by atoms with Gasteiger partial charge in [-0.15, -0.1) is 0 Å². The van der Waals surface area contributed by atoms with Crippen LogP contribution in [-0.4, -0.2) is 9.97 Å². The number of pyridine rings is 2. The second-order valence-electron chi connectivity index (χ2n) is 2.55. The van der Waals surface area contributed by atoms with Crippen LogP contribution in [0.2, 0.25) is 0 Å². The fourth-order valence-corrected chi connectivity index (χ4v) is 1.15. The highest BCUT2D eigenvalue weighted by molar-refractivity contribution is 5.79. The Bertz CT molecular complexity index is 551. The summed E-state index contributed by atoms with van der Waals surface area (Å²) in [5.74, 6) is 0. The van der Waals surface area contributed by atoms with Crippen LogP contribution in [0.3, 0.4) is 0 Å². The normalized spacial score (nSPS) is 9.77. The van der Waals surface area contributed by atoms with E-state index in [2.05, 4.69) is 9.97 Å². The van der Waals surface area contributed by atoms with E-state index in [0.717, 1.165) is 0 Å². The van der Waals surface area contributed by atoms with Crippen LogP contribution in [0, 0.1) is 11.3 Å². The lowest BCUT2D eigenvalue weighted by atomic mass is 10.2. The summed E-state index contributed by atoms with van der Waals surface area (Å²) in [4.78, 5) is 17.5. The molecule has 0 unspecified atom stereocenters. The average Bonchev–Trinajstić information content (AvgIpc) is 2.17. The summed E-state index contributed by atoms with van der Waals surface area (Å²) in [6, 6.07) is 6.53. The number of aromatic nitrogens is 2. The molecule has 0 fully saturated rings. The first-order valence-corrected chi connectivity index (χ1v) is 3.69. The van der Waals surface area contributed by atoms with Crippen molar-refractivity contribution in [3.8, 4) is 6.07 Å². The smallest absolute Gasteiger partial charge is 0.248 e. The summed E-state index contributed by atoms with van der Waals surface area (Å²) >= 11 is 0. The lowest BCUT2D eigenvalue weighted by Gasteiger charge is -1.96. The number of hydrogen-bond donors (Lipinski definition) is 1. The molecule has 1 N–H and O–H groups in total. The maximum Gasteiger partial charge on any atom is 0.248 e. The van der Waals surface area contributed by atoms with Gasteiger partial charge in [-0.2, -0.15) is 5.26 Å². The summed E-state index contributed by atoms with van der Waals surface area (Å²) < 4.78 is 0. The lowest BCUT2D eigenvalue weighted by molar-refractivity contribution is 1.26. The highest BCUT2D eigenvalue weighted by Crippen LogP contribution is 2.09. The van der Waals surface area contributed by atoms with Gasteiger partial charge in [0.05, 0.1) is 16.6 Å². The zero-order chi connectivity index (χ0) is 9.26. The van der Waals surface area contributed by atoms with E-state index in [9.17, 15) is 4.79 Å². The number of fused-ring (bicyclic) bond motifs is 1. The number of aromatic amines is 1. The van der Waals surface area contributed by atoms with Gasteiger partial charge < -0.3 is 4.98 Å². The standard InChI is InChI=1S/C9H5N3O/c10-5-6-3-4-11-7-1-2-8(13)12-9(6)7/h1-4H,(H,12,13). The molecule has 2 heterocycles. The lowest BCUT2D eigenvalue weighted by Crippen LogP contribution is -2.03. The van der Waals surface area contributed by atoms with Gasteiger partial charge >= 0.3 is 0 Å². The van der Waals surface area contributed by atoms with Gasteiger partial charge in [0.2, 0.25) is 5.56 Å². The van der Waals surface area contributed by atoms with Crippen LogP contribution in [0.5, 0.6) is 0 Å². The van der Waals surface area contributed by atoms with Crippen LogP contribution >= 0.6 is 0 Å². The van der Waals surface area contributed by atoms with Crippen LogP contribution in [0.1, 0.15) is 5.56 Å². The van der Waals surface area contributed by atoms with Crippen molar-refractivity contribution in [3.63, 3.8) is 0 Å². The van der Waals surface area contributed by atoms with Gasteiger partial charge in [0.15, 0.2) is 0 Å². The molecule has 0 spiro atoms. The number of nitrogens with zero attached hydrogens (tertiary/aromatic N) is 2. The van der Waals surface area contributed by atoms with E-state index < -0.39 is 0 Å². The minimum Gasteiger partial charge on any atom is -0.320 e. The number of rotatable bonds is 0. The van der Waals surface area contributed by atoms with Gasteiger partial charge in [0, 0.05) is 12.3 Å². The minimum absolute atomic E-state index is 0.225. The van der Waals surface area contributed by atoms with Crippen LogP contribution in [0.25, 0.3) is 11.0 Å². The molecule has 0 saturated carbocycles. The van der Waals surface area contributed by atoms with Crippen LogP contribution in [-0.2, 0) is 0 Å². The van der Waals surface area contributed by atoms with Crippen molar-refractivity contribution in [2.75, 3.05) is 0 Å². The Kier molecular flexibility index (Phi) is 1.57. The van der Waals surface area contributed by atoms with E-state index >= 15 is 0 Å². The maximum atomic E-state index is 11.0. The second kappa shape index (κ2) is 2.72. The number of nitriles is 1. The molecule has 0 aliphatic carbocycles. The van der Waals surface area contributed by atoms with Crippen molar-refractivity contribution >= 4 is 11.0 Å². The fraction of sp³-hybridized carbons (Fsp3) is 0. The van der Waals surface area contributed by atoms with Crippen molar-refractivity contribution in [2.45, 2.75) is 0 Å². The van der Waals surface area contributed by atoms with Crippen molar-refractivity contribution in [1.82, 2.24) is 9.97 Å². The van der Waals surface area contributed by atoms with Gasteiger partial charge in [-0.05, 0) is 12.1 Å². The summed E-state index contributed by atoms with van der Waals surface area (Å²) in [5.41, 5.74) is 1.33. The molecular formula is C9H5N3O. The molecule has 0 saturated heterocycles. The average molecular weight is 171 g/mol. The molecule has 2 aromatic heterocycles. The minimum atomic E-state index is -0.225. The first-order valence-electron chi connectivity index (χ1n) is 3.69. The van der Waals surface area contributed by atoms with E-state index in [-0.39, 0.29) is 5.56 Å². The number of hydrogen-bond acceptors (Lipinski definition) is 3. The van der Waals surface area contributed by atoms with Gasteiger partial charge in [-0.3, -0.25) is 9.78 Å². The molecule has 0 radical (unpaired) electrons. The topological polar surface area (TPSA) is 69.5 Å². The third kappa shape index (κ3) is 1.16. The highest BCUT2D eigenvalue weighted by atomic mass is 16.1. The third-order valence-electron chi connectivity index (χ3n) is 1.74. The zero-order valence-electron chi connectivity index (χ0n) is 6.61. The third-order valence-corrected chi connectivity index (χ3v) is 1.74. The molecule has 0 bridgehead atoms. The van der Waals surface area contributed by atoms with Crippen molar-refractivity contribution in [1.29, 1.82) is 5.26 Å². The molecule has 0 aliphatic heterocycles. The molecule has 4 nitrogen and oxygen atoms in total. The first kappa shape index (κ1) is 7.50. The molecule has 2 aromatic rings. The SMILES string of the molecule is N#Cc1ccnc2ccc(=O)[nH]c12. The van der Waals surface area contributed by atoms with Crippen LogP contribution in [0.15, 0.2) is 29.2 Å². The molecule has 0 atom stereocenters. The largest absolute Gasteiger partial charge is 0.320 e. The quantitative estimate of drug-likeness (QED) is 0.637. The zero-order valence-corrected chi connectivity index (χ0v) is 6.61. The number of H-pyrrole nitrogens is 1. The summed E-state index contributed by atoms with van der Waals surface area (Å²) in [6.45, 7) is 0. The Morgan fingerprint density at radius 2 is 2.23 bits per heavy atom. The molecule has 0 aliphatic rings. The Morgan fingerprint density at radius 1 is 1.38 bits per heavy atom. The predicted molar refractivity (Wildman–Crippen MR) is 47.1 cm³/mol. The number of nitrogens with one attached hydrogen (secondary N) is 1. The fourth-order valence-electron chi connectivity index (χ4n) is 1.15. The van der Waals surface area contributed by atoms with Gasteiger partial charge in [0.1, 0.15) is 6.07 Å². The van der Waals surface area contributed by atoms with E-state index in [1.165, 1.54) is 6.07 Å². The molecular weight excluding hydrogens is 166 g/mol. The summed E-state index contributed by atoms with van der Waals surface area (Å²) in [6.07, 6.45) is 1.54. The summed E-state index contributed by atoms with van der Waals surface area (Å²) in [7, 11) is 0. The molecule has 13 heavy (non-hydrogen) atoms. The van der Waals surface area contributed by atoms with Crippen molar-refractivity contribution in [3.05, 3.63) is 40.3 Å². The Labute approximate surface area is 73.5 Å². The van der Waals surface area contributed by atoms with Gasteiger partial charge in [0.25, 0.3) is 0 Å². The van der Waals surface area contributed by atoms with Crippen LogP contribution in [0.4, 0.5) is 0 Å². The van der Waals surface area contributed by atoms with E-state index in [4.69, 9.17) is 5.26 Å². The Hall–Kier alpha value is -2.15. The summed E-state index contributed by atoms with van der Waals surface area (Å²) in [5, 5.41) is 8.73. The Morgan fingerprint density at radius 3 is 3.00 bits per heavy atom. The molecule has 62 valence electrons. The van der Waals surface area contributed by atoms with Gasteiger partial charge in [-0.1, -0.05) is 0 Å². The molecule has 2 rings (SSSR count). The first-order chi connectivity index (χ1) is 6.31. The van der Waals surface area contributed by atoms with Crippen molar-refractivity contribution < 1.29 is 0 Å². The molecule has 0 aromatic carbocycles. The van der Waals surface area contributed by atoms with Gasteiger partial charge in [-0.25, -0.2) is 0 Å². The van der Waals surface area contributed by atoms with Crippen LogP contribution < -0.4 is 5.56 Å². The molecule has 0 amide bonds.